The summed E-state index contributed by atoms with van der Waals surface area (Å²) in [5, 5.41) is 11.3. The van der Waals surface area contributed by atoms with Gasteiger partial charge in [-0.3, -0.25) is 4.79 Å². The largest absolute Gasteiger partial charge is 0.481 e. The number of halogens is 1. The molecule has 1 aromatic carbocycles. The van der Waals surface area contributed by atoms with Gasteiger partial charge in [-0.15, -0.1) is 10.2 Å². The molecule has 8 heteroatoms. The number of rotatable bonds is 7. The molecule has 1 N–H and O–H groups in total. The lowest BCUT2D eigenvalue weighted by Gasteiger charge is -2.29. The highest BCUT2D eigenvalue weighted by molar-refractivity contribution is 7.99. The summed E-state index contributed by atoms with van der Waals surface area (Å²) >= 11 is 1.21. The molecule has 27 heavy (non-hydrogen) atoms. The molecule has 2 aromatic rings. The fraction of sp³-hybridized carbons (Fsp3) is 0.526. The molecule has 3 rings (SSSR count). The van der Waals surface area contributed by atoms with E-state index in [2.05, 4.69) is 22.4 Å². The third-order valence-corrected chi connectivity index (χ3v) is 5.50. The van der Waals surface area contributed by atoms with Gasteiger partial charge >= 0.3 is 0 Å². The molecule has 1 aromatic heterocycles. The van der Waals surface area contributed by atoms with Crippen molar-refractivity contribution < 1.29 is 18.3 Å². The molecule has 3 atom stereocenters. The van der Waals surface area contributed by atoms with Crippen LogP contribution in [0.3, 0.4) is 0 Å². The molecule has 0 unspecified atom stereocenters. The van der Waals surface area contributed by atoms with E-state index in [1.807, 2.05) is 0 Å². The van der Waals surface area contributed by atoms with Crippen LogP contribution in [-0.4, -0.2) is 27.9 Å². The molecule has 6 nitrogen and oxygen atoms in total. The summed E-state index contributed by atoms with van der Waals surface area (Å²) in [6.07, 6.45) is 4.14. The summed E-state index contributed by atoms with van der Waals surface area (Å²) < 4.78 is 24.2. The van der Waals surface area contributed by atoms with Crippen molar-refractivity contribution in [2.45, 2.75) is 56.9 Å². The zero-order chi connectivity index (χ0) is 19.2. The maximum Gasteiger partial charge on any atom is 0.277 e. The Kier molecular flexibility index (Phi) is 6.71. The van der Waals surface area contributed by atoms with E-state index in [0.29, 0.717) is 22.8 Å². The number of benzene rings is 1. The summed E-state index contributed by atoms with van der Waals surface area (Å²) in [5.41, 5.74) is 0. The van der Waals surface area contributed by atoms with Gasteiger partial charge in [0.1, 0.15) is 11.6 Å². The summed E-state index contributed by atoms with van der Waals surface area (Å²) in [6.45, 7) is 3.95. The molecule has 0 radical (unpaired) electrons. The number of thioether (sulfide) groups is 1. The summed E-state index contributed by atoms with van der Waals surface area (Å²) in [4.78, 5) is 12.2. The van der Waals surface area contributed by atoms with Crippen LogP contribution in [0, 0.1) is 11.7 Å². The first-order valence-electron chi connectivity index (χ1n) is 9.19. The van der Waals surface area contributed by atoms with Crippen molar-refractivity contribution >= 4 is 17.7 Å². The summed E-state index contributed by atoms with van der Waals surface area (Å²) in [6, 6.07) is 5.98. The first-order valence-corrected chi connectivity index (χ1v) is 10.2. The van der Waals surface area contributed by atoms with E-state index in [9.17, 15) is 9.18 Å². The lowest BCUT2D eigenvalue weighted by molar-refractivity contribution is -0.119. The molecule has 1 fully saturated rings. The highest BCUT2D eigenvalue weighted by Crippen LogP contribution is 2.25. The van der Waals surface area contributed by atoms with Crippen molar-refractivity contribution in [3.63, 3.8) is 0 Å². The molecule has 146 valence electrons. The van der Waals surface area contributed by atoms with Gasteiger partial charge in [-0.25, -0.2) is 4.39 Å². The van der Waals surface area contributed by atoms with Crippen LogP contribution >= 0.6 is 11.8 Å². The number of amides is 1. The van der Waals surface area contributed by atoms with Crippen LogP contribution in [0.4, 0.5) is 4.39 Å². The van der Waals surface area contributed by atoms with Crippen LogP contribution in [0.15, 0.2) is 33.9 Å². The van der Waals surface area contributed by atoms with Gasteiger partial charge in [-0.1, -0.05) is 31.5 Å². The van der Waals surface area contributed by atoms with E-state index in [0.717, 1.165) is 12.8 Å². The van der Waals surface area contributed by atoms with Gasteiger partial charge in [0.25, 0.3) is 11.1 Å². The topological polar surface area (TPSA) is 77.2 Å². The molecule has 1 aliphatic carbocycles. The van der Waals surface area contributed by atoms with Crippen molar-refractivity contribution in [3.05, 3.63) is 36.0 Å². The number of hydrogen-bond donors (Lipinski definition) is 1. The Bertz CT molecular complexity index is 753. The first-order chi connectivity index (χ1) is 13.0. The minimum atomic E-state index is -0.478. The van der Waals surface area contributed by atoms with Gasteiger partial charge in [0.15, 0.2) is 6.10 Å². The predicted molar refractivity (Wildman–Crippen MR) is 100 cm³/mol. The van der Waals surface area contributed by atoms with E-state index in [4.69, 9.17) is 9.15 Å². The SMILES string of the molecule is C[C@@H]1CCCC[C@@H]1NC(=O)CSc1nnc([C@@H](C)Oc2ccc(F)cc2)o1. The zero-order valence-electron chi connectivity index (χ0n) is 15.5. The first kappa shape index (κ1) is 19.7. The highest BCUT2D eigenvalue weighted by Gasteiger charge is 2.23. The Labute approximate surface area is 162 Å². The second kappa shape index (κ2) is 9.21. The Morgan fingerprint density at radius 2 is 2.07 bits per heavy atom. The fourth-order valence-electron chi connectivity index (χ4n) is 3.12. The smallest absolute Gasteiger partial charge is 0.277 e. The molecule has 0 spiro atoms. The van der Waals surface area contributed by atoms with Gasteiger partial charge in [-0.2, -0.15) is 0 Å². The van der Waals surface area contributed by atoms with Gasteiger partial charge in [0, 0.05) is 6.04 Å². The van der Waals surface area contributed by atoms with E-state index in [1.54, 1.807) is 6.92 Å². The Balaban J connectivity index is 1.47. The van der Waals surface area contributed by atoms with Crippen LogP contribution in [0.25, 0.3) is 0 Å². The van der Waals surface area contributed by atoms with E-state index < -0.39 is 6.10 Å². The van der Waals surface area contributed by atoms with Crippen LogP contribution in [-0.2, 0) is 4.79 Å². The van der Waals surface area contributed by atoms with Crippen molar-refractivity contribution in [3.8, 4) is 5.75 Å². The summed E-state index contributed by atoms with van der Waals surface area (Å²) in [7, 11) is 0. The normalized spacial score (nSPS) is 20.9. The van der Waals surface area contributed by atoms with Crippen molar-refractivity contribution in [1.82, 2.24) is 15.5 Å². The van der Waals surface area contributed by atoms with Crippen molar-refractivity contribution in [2.24, 2.45) is 5.92 Å². The number of ether oxygens (including phenoxy) is 1. The summed E-state index contributed by atoms with van der Waals surface area (Å²) in [5.74, 6) is 1.23. The van der Waals surface area contributed by atoms with Crippen molar-refractivity contribution in [2.75, 3.05) is 5.75 Å². The van der Waals surface area contributed by atoms with Gasteiger partial charge < -0.3 is 14.5 Å². The van der Waals surface area contributed by atoms with Gasteiger partial charge in [0.05, 0.1) is 5.75 Å². The molecule has 0 aliphatic heterocycles. The maximum atomic E-state index is 12.9. The molecule has 1 aliphatic rings. The standard InChI is InChI=1S/C19H24FN3O3S/c1-12-5-3-4-6-16(12)21-17(24)11-27-19-23-22-18(26-19)13(2)25-15-9-7-14(20)8-10-15/h7-10,12-13,16H,3-6,11H2,1-2H3,(H,21,24)/t12-,13-,16+/m1/s1. The minimum absolute atomic E-state index is 0.0193. The van der Waals surface area contributed by atoms with Crippen molar-refractivity contribution in [1.29, 1.82) is 0 Å². The average molecular weight is 393 g/mol. The number of carbonyl (C=O) groups excluding carboxylic acids is 1. The third-order valence-electron chi connectivity index (χ3n) is 4.68. The van der Waals surface area contributed by atoms with E-state index >= 15 is 0 Å². The molecule has 1 saturated carbocycles. The molecular formula is C19H24FN3O3S. The van der Waals surface area contributed by atoms with Gasteiger partial charge in [-0.05, 0) is 49.9 Å². The predicted octanol–water partition coefficient (Wildman–Crippen LogP) is 4.14. The molecular weight excluding hydrogens is 369 g/mol. The lowest BCUT2D eigenvalue weighted by Crippen LogP contribution is -2.41. The zero-order valence-corrected chi connectivity index (χ0v) is 16.3. The Morgan fingerprint density at radius 1 is 1.33 bits per heavy atom. The Hall–Kier alpha value is -2.09. The number of nitrogens with zero attached hydrogens (tertiary/aromatic N) is 2. The molecule has 1 heterocycles. The quantitative estimate of drug-likeness (QED) is 0.713. The average Bonchev–Trinajstić information content (AvgIpc) is 3.13. The van der Waals surface area contributed by atoms with Gasteiger partial charge in [0.2, 0.25) is 5.91 Å². The third kappa shape index (κ3) is 5.69. The minimum Gasteiger partial charge on any atom is -0.481 e. The second-order valence-electron chi connectivity index (χ2n) is 6.84. The van der Waals surface area contributed by atoms with E-state index in [1.165, 1.54) is 48.9 Å². The number of nitrogens with one attached hydrogen (secondary N) is 1. The van der Waals surface area contributed by atoms with Crippen LogP contribution in [0.5, 0.6) is 5.75 Å². The highest BCUT2D eigenvalue weighted by atomic mass is 32.2. The number of hydrogen-bond acceptors (Lipinski definition) is 6. The number of aromatic nitrogens is 2. The monoisotopic (exact) mass is 393 g/mol. The van der Waals surface area contributed by atoms with Crippen LogP contribution in [0.2, 0.25) is 0 Å². The fourth-order valence-corrected chi connectivity index (χ4v) is 3.70. The molecule has 0 bridgehead atoms. The molecule has 1 amide bonds. The maximum absolute atomic E-state index is 12.9. The lowest BCUT2D eigenvalue weighted by atomic mass is 9.86. The van der Waals surface area contributed by atoms with E-state index in [-0.39, 0.29) is 23.5 Å². The molecule has 0 saturated heterocycles. The van der Waals surface area contributed by atoms with Crippen LogP contribution in [0.1, 0.15) is 51.5 Å². The second-order valence-corrected chi connectivity index (χ2v) is 7.77. The van der Waals surface area contributed by atoms with Crippen LogP contribution < -0.4 is 10.1 Å². The number of carbonyl (C=O) groups is 1. The Morgan fingerprint density at radius 3 is 2.81 bits per heavy atom.